The minimum atomic E-state index is -0.146. The Bertz CT molecular complexity index is 702. The Hall–Kier alpha value is -2.73. The standard InChI is InChI=1S/C21H28N2O4/c1-4-25-13-14-26-18-11-9-17(10-12-18)22-15-21(24)23-19-7-5-6-8-20(19)27-16(2)3/h5-12,16,22H,4,13-15H2,1-3H3,(H,23,24). The maximum atomic E-state index is 12.2. The van der Waals surface area contributed by atoms with Crippen molar-refractivity contribution in [3.05, 3.63) is 48.5 Å². The highest BCUT2D eigenvalue weighted by molar-refractivity contribution is 5.95. The Balaban J connectivity index is 1.80. The van der Waals surface area contributed by atoms with Crippen molar-refractivity contribution in [1.82, 2.24) is 0 Å². The van der Waals surface area contributed by atoms with Gasteiger partial charge >= 0.3 is 0 Å². The molecule has 0 saturated heterocycles. The van der Waals surface area contributed by atoms with Gasteiger partial charge in [0.2, 0.25) is 5.91 Å². The highest BCUT2D eigenvalue weighted by Gasteiger charge is 2.08. The smallest absolute Gasteiger partial charge is 0.243 e. The normalized spacial score (nSPS) is 10.5. The lowest BCUT2D eigenvalue weighted by molar-refractivity contribution is -0.114. The predicted octanol–water partition coefficient (Wildman–Crippen LogP) is 3.94. The third-order valence-electron chi connectivity index (χ3n) is 3.53. The molecule has 0 spiro atoms. The first-order valence-corrected chi connectivity index (χ1v) is 9.18. The van der Waals surface area contributed by atoms with Crippen LogP contribution in [-0.2, 0) is 9.53 Å². The van der Waals surface area contributed by atoms with Gasteiger partial charge in [-0.25, -0.2) is 0 Å². The van der Waals surface area contributed by atoms with Crippen molar-refractivity contribution in [3.63, 3.8) is 0 Å². The molecule has 146 valence electrons. The molecular weight excluding hydrogens is 344 g/mol. The third kappa shape index (κ3) is 7.58. The first-order chi connectivity index (χ1) is 13.1. The lowest BCUT2D eigenvalue weighted by Gasteiger charge is -2.15. The molecule has 0 bridgehead atoms. The molecule has 0 saturated carbocycles. The average molecular weight is 372 g/mol. The molecule has 0 atom stereocenters. The second-order valence-electron chi connectivity index (χ2n) is 6.13. The maximum absolute atomic E-state index is 12.2. The van der Waals surface area contributed by atoms with Crippen LogP contribution in [0, 0.1) is 0 Å². The average Bonchev–Trinajstić information content (AvgIpc) is 2.66. The van der Waals surface area contributed by atoms with E-state index < -0.39 is 0 Å². The van der Waals surface area contributed by atoms with E-state index in [0.717, 1.165) is 11.4 Å². The molecule has 0 aliphatic rings. The van der Waals surface area contributed by atoms with Crippen LogP contribution in [0.15, 0.2) is 48.5 Å². The number of anilines is 2. The molecule has 2 aromatic carbocycles. The van der Waals surface area contributed by atoms with Crippen LogP contribution in [-0.4, -0.2) is 38.4 Å². The van der Waals surface area contributed by atoms with Gasteiger partial charge in [-0.1, -0.05) is 12.1 Å². The lowest BCUT2D eigenvalue weighted by Crippen LogP contribution is -2.22. The van der Waals surface area contributed by atoms with Gasteiger partial charge in [0.1, 0.15) is 18.1 Å². The van der Waals surface area contributed by atoms with Crippen molar-refractivity contribution in [3.8, 4) is 11.5 Å². The monoisotopic (exact) mass is 372 g/mol. The summed E-state index contributed by atoms with van der Waals surface area (Å²) in [6, 6.07) is 14.9. The molecule has 0 radical (unpaired) electrons. The molecule has 6 heteroatoms. The third-order valence-corrected chi connectivity index (χ3v) is 3.53. The van der Waals surface area contributed by atoms with Crippen LogP contribution in [0.3, 0.4) is 0 Å². The summed E-state index contributed by atoms with van der Waals surface area (Å²) in [5.41, 5.74) is 1.50. The number of rotatable bonds is 11. The van der Waals surface area contributed by atoms with E-state index in [-0.39, 0.29) is 18.6 Å². The number of ether oxygens (including phenoxy) is 3. The second-order valence-corrected chi connectivity index (χ2v) is 6.13. The summed E-state index contributed by atoms with van der Waals surface area (Å²) in [5, 5.41) is 5.97. The van der Waals surface area contributed by atoms with Gasteiger partial charge in [0, 0.05) is 12.3 Å². The van der Waals surface area contributed by atoms with Crippen molar-refractivity contribution in [1.29, 1.82) is 0 Å². The molecule has 27 heavy (non-hydrogen) atoms. The SMILES string of the molecule is CCOCCOc1ccc(NCC(=O)Nc2ccccc2OC(C)C)cc1. The molecule has 0 aliphatic carbocycles. The van der Waals surface area contributed by atoms with Crippen LogP contribution in [0.4, 0.5) is 11.4 Å². The highest BCUT2D eigenvalue weighted by atomic mass is 16.5. The summed E-state index contributed by atoms with van der Waals surface area (Å²) in [7, 11) is 0. The van der Waals surface area contributed by atoms with Gasteiger partial charge in [0.05, 0.1) is 24.9 Å². The second kappa shape index (κ2) is 11.1. The Morgan fingerprint density at radius 2 is 1.78 bits per heavy atom. The number of nitrogens with one attached hydrogen (secondary N) is 2. The van der Waals surface area contributed by atoms with Crippen molar-refractivity contribution in [2.24, 2.45) is 0 Å². The van der Waals surface area contributed by atoms with Gasteiger partial charge in [-0.05, 0) is 57.2 Å². The molecule has 6 nitrogen and oxygen atoms in total. The molecule has 0 aromatic heterocycles. The molecule has 0 heterocycles. The van der Waals surface area contributed by atoms with Gasteiger partial charge in [-0.3, -0.25) is 4.79 Å². The van der Waals surface area contributed by atoms with Crippen molar-refractivity contribution < 1.29 is 19.0 Å². The number of hydrogen-bond donors (Lipinski definition) is 2. The van der Waals surface area contributed by atoms with Gasteiger partial charge < -0.3 is 24.8 Å². The molecule has 0 aliphatic heterocycles. The fraction of sp³-hybridized carbons (Fsp3) is 0.381. The highest BCUT2D eigenvalue weighted by Crippen LogP contribution is 2.24. The summed E-state index contributed by atoms with van der Waals surface area (Å²) >= 11 is 0. The number of amides is 1. The number of carbonyl (C=O) groups excluding carboxylic acids is 1. The van der Waals surface area contributed by atoms with Crippen LogP contribution in [0.25, 0.3) is 0 Å². The first kappa shape index (κ1) is 20.6. The largest absolute Gasteiger partial charge is 0.491 e. The van der Waals surface area contributed by atoms with Crippen LogP contribution in [0.1, 0.15) is 20.8 Å². The van der Waals surface area contributed by atoms with Crippen LogP contribution >= 0.6 is 0 Å². The summed E-state index contributed by atoms with van der Waals surface area (Å²) in [6.45, 7) is 7.77. The molecule has 1 amide bonds. The van der Waals surface area contributed by atoms with E-state index >= 15 is 0 Å². The summed E-state index contributed by atoms with van der Waals surface area (Å²) in [4.78, 5) is 12.2. The fourth-order valence-corrected chi connectivity index (χ4v) is 2.34. The molecular formula is C21H28N2O4. The van der Waals surface area contributed by atoms with E-state index in [1.165, 1.54) is 0 Å². The van der Waals surface area contributed by atoms with E-state index in [9.17, 15) is 4.79 Å². The fourth-order valence-electron chi connectivity index (χ4n) is 2.34. The zero-order valence-electron chi connectivity index (χ0n) is 16.2. The first-order valence-electron chi connectivity index (χ1n) is 9.18. The van der Waals surface area contributed by atoms with Crippen molar-refractivity contribution in [2.45, 2.75) is 26.9 Å². The topological polar surface area (TPSA) is 68.8 Å². The van der Waals surface area contributed by atoms with Crippen molar-refractivity contribution >= 4 is 17.3 Å². The van der Waals surface area contributed by atoms with Crippen LogP contribution in [0.5, 0.6) is 11.5 Å². The minimum absolute atomic E-state index is 0.0374. The van der Waals surface area contributed by atoms with E-state index in [4.69, 9.17) is 14.2 Å². The van der Waals surface area contributed by atoms with Gasteiger partial charge in [0.25, 0.3) is 0 Å². The molecule has 2 rings (SSSR count). The Morgan fingerprint density at radius 1 is 1.04 bits per heavy atom. The van der Waals surface area contributed by atoms with E-state index in [2.05, 4.69) is 10.6 Å². The maximum Gasteiger partial charge on any atom is 0.243 e. The summed E-state index contributed by atoms with van der Waals surface area (Å²) in [5.74, 6) is 1.28. The van der Waals surface area contributed by atoms with Gasteiger partial charge in [-0.2, -0.15) is 0 Å². The zero-order chi connectivity index (χ0) is 19.5. The van der Waals surface area contributed by atoms with Gasteiger partial charge in [-0.15, -0.1) is 0 Å². The van der Waals surface area contributed by atoms with Crippen LogP contribution < -0.4 is 20.1 Å². The minimum Gasteiger partial charge on any atom is -0.491 e. The van der Waals surface area contributed by atoms with Crippen molar-refractivity contribution in [2.75, 3.05) is 37.0 Å². The number of benzene rings is 2. The lowest BCUT2D eigenvalue weighted by atomic mass is 10.2. The Morgan fingerprint density at radius 3 is 2.48 bits per heavy atom. The van der Waals surface area contributed by atoms with Gasteiger partial charge in [0.15, 0.2) is 0 Å². The van der Waals surface area contributed by atoms with Crippen LogP contribution in [0.2, 0.25) is 0 Å². The summed E-state index contributed by atoms with van der Waals surface area (Å²) < 4.78 is 16.5. The molecule has 0 unspecified atom stereocenters. The molecule has 2 N–H and O–H groups in total. The molecule has 0 fully saturated rings. The number of para-hydroxylation sites is 2. The quantitative estimate of drug-likeness (QED) is 0.585. The predicted molar refractivity (Wildman–Crippen MR) is 108 cm³/mol. The van der Waals surface area contributed by atoms with E-state index in [1.54, 1.807) is 0 Å². The van der Waals surface area contributed by atoms with E-state index in [0.29, 0.717) is 31.3 Å². The Labute approximate surface area is 160 Å². The zero-order valence-corrected chi connectivity index (χ0v) is 16.2. The number of hydrogen-bond acceptors (Lipinski definition) is 5. The summed E-state index contributed by atoms with van der Waals surface area (Å²) in [6.07, 6.45) is 0.0374. The number of carbonyl (C=O) groups is 1. The Kier molecular flexibility index (Phi) is 8.45. The van der Waals surface area contributed by atoms with E-state index in [1.807, 2.05) is 69.3 Å². The molecule has 2 aromatic rings.